The third kappa shape index (κ3) is 4.27. The lowest BCUT2D eigenvalue weighted by Crippen LogP contribution is -2.23. The van der Waals surface area contributed by atoms with E-state index in [-0.39, 0.29) is 0 Å². The van der Waals surface area contributed by atoms with Crippen molar-refractivity contribution in [1.82, 2.24) is 4.90 Å². The molecule has 0 saturated heterocycles. The molecule has 1 atom stereocenters. The number of benzene rings is 1. The summed E-state index contributed by atoms with van der Waals surface area (Å²) in [7, 11) is 5.73. The van der Waals surface area contributed by atoms with Crippen LogP contribution in [0.3, 0.4) is 0 Å². The molecule has 0 heterocycles. The largest absolute Gasteiger partial charge is 0.497 e. The van der Waals surface area contributed by atoms with Crippen molar-refractivity contribution in [1.29, 1.82) is 5.26 Å². The topological polar surface area (TPSA) is 48.3 Å². The van der Waals surface area contributed by atoms with Gasteiger partial charge in [0.05, 0.1) is 18.4 Å². The third-order valence-corrected chi connectivity index (χ3v) is 2.76. The fraction of sp³-hybridized carbons (Fsp3) is 0.500. The van der Waals surface area contributed by atoms with E-state index in [4.69, 9.17) is 10.00 Å². The normalized spacial score (nSPS) is 12.0. The van der Waals surface area contributed by atoms with E-state index in [9.17, 15) is 0 Å². The predicted octanol–water partition coefficient (Wildman–Crippen LogP) is 2.32. The Hall–Kier alpha value is -1.73. The molecule has 0 spiro atoms. The molecule has 0 fully saturated rings. The summed E-state index contributed by atoms with van der Waals surface area (Å²) in [5.41, 5.74) is 1.48. The molecule has 4 nitrogen and oxygen atoms in total. The molecule has 0 radical (unpaired) electrons. The molecule has 1 N–H and O–H groups in total. The van der Waals surface area contributed by atoms with Crippen LogP contribution in [0.5, 0.6) is 5.75 Å². The number of nitriles is 1. The highest BCUT2D eigenvalue weighted by molar-refractivity contribution is 5.60. The summed E-state index contributed by atoms with van der Waals surface area (Å²) in [6.07, 6.45) is 1.02. The van der Waals surface area contributed by atoms with Gasteiger partial charge in [-0.1, -0.05) is 0 Å². The van der Waals surface area contributed by atoms with E-state index >= 15 is 0 Å². The number of nitrogens with zero attached hydrogens (tertiary/aromatic N) is 2. The van der Waals surface area contributed by atoms with Crippen LogP contribution in [0.4, 0.5) is 5.69 Å². The number of hydrogen-bond donors (Lipinski definition) is 1. The van der Waals surface area contributed by atoms with Crippen LogP contribution in [0.1, 0.15) is 18.9 Å². The van der Waals surface area contributed by atoms with E-state index in [2.05, 4.69) is 37.3 Å². The van der Waals surface area contributed by atoms with Gasteiger partial charge in [0.1, 0.15) is 11.8 Å². The van der Waals surface area contributed by atoms with Gasteiger partial charge in [-0.2, -0.15) is 5.26 Å². The lowest BCUT2D eigenvalue weighted by atomic mass is 10.1. The highest BCUT2D eigenvalue weighted by Crippen LogP contribution is 2.22. The second-order valence-electron chi connectivity index (χ2n) is 4.66. The Kier molecular flexibility index (Phi) is 5.47. The average molecular weight is 247 g/mol. The van der Waals surface area contributed by atoms with Gasteiger partial charge in [0.15, 0.2) is 0 Å². The Morgan fingerprint density at radius 1 is 1.44 bits per heavy atom. The first-order valence-electron chi connectivity index (χ1n) is 6.06. The van der Waals surface area contributed by atoms with Crippen molar-refractivity contribution < 1.29 is 4.74 Å². The van der Waals surface area contributed by atoms with Crippen LogP contribution >= 0.6 is 0 Å². The molecule has 1 aromatic rings. The van der Waals surface area contributed by atoms with Crippen LogP contribution in [0, 0.1) is 11.3 Å². The molecular weight excluding hydrogens is 226 g/mol. The van der Waals surface area contributed by atoms with Crippen molar-refractivity contribution in [3.05, 3.63) is 23.8 Å². The quantitative estimate of drug-likeness (QED) is 0.838. The Labute approximate surface area is 109 Å². The Morgan fingerprint density at radius 2 is 2.17 bits per heavy atom. The SMILES string of the molecule is COc1ccc(C#N)c(NC(C)CCN(C)C)c1. The Morgan fingerprint density at radius 3 is 2.72 bits per heavy atom. The van der Waals surface area contributed by atoms with Crippen LogP contribution in [0.25, 0.3) is 0 Å². The first-order chi connectivity index (χ1) is 8.56. The van der Waals surface area contributed by atoms with Gasteiger partial charge in [-0.3, -0.25) is 0 Å². The van der Waals surface area contributed by atoms with Gasteiger partial charge >= 0.3 is 0 Å². The summed E-state index contributed by atoms with van der Waals surface area (Å²) in [4.78, 5) is 2.15. The fourth-order valence-corrected chi connectivity index (χ4v) is 1.66. The molecule has 0 aliphatic carbocycles. The molecule has 0 bridgehead atoms. The fourth-order valence-electron chi connectivity index (χ4n) is 1.66. The zero-order valence-electron chi connectivity index (χ0n) is 11.5. The molecule has 0 aromatic heterocycles. The Bertz CT molecular complexity index is 424. The summed E-state index contributed by atoms with van der Waals surface area (Å²) < 4.78 is 5.18. The van der Waals surface area contributed by atoms with Gasteiger partial charge in [0.25, 0.3) is 0 Å². The maximum Gasteiger partial charge on any atom is 0.121 e. The number of rotatable bonds is 6. The van der Waals surface area contributed by atoms with E-state index in [0.29, 0.717) is 11.6 Å². The lowest BCUT2D eigenvalue weighted by Gasteiger charge is -2.19. The summed E-state index contributed by atoms with van der Waals surface area (Å²) in [5, 5.41) is 12.4. The highest BCUT2D eigenvalue weighted by atomic mass is 16.5. The molecule has 1 unspecified atom stereocenters. The second-order valence-corrected chi connectivity index (χ2v) is 4.66. The number of methoxy groups -OCH3 is 1. The minimum absolute atomic E-state index is 0.312. The zero-order chi connectivity index (χ0) is 13.5. The molecule has 1 rings (SSSR count). The summed E-state index contributed by atoms with van der Waals surface area (Å²) in [6.45, 7) is 3.13. The first-order valence-corrected chi connectivity index (χ1v) is 6.06. The summed E-state index contributed by atoms with van der Waals surface area (Å²) in [6, 6.07) is 7.94. The van der Waals surface area contributed by atoms with Gasteiger partial charge in [-0.25, -0.2) is 0 Å². The van der Waals surface area contributed by atoms with Crippen LogP contribution in [0.2, 0.25) is 0 Å². The maximum absolute atomic E-state index is 9.07. The minimum atomic E-state index is 0.312. The van der Waals surface area contributed by atoms with Crippen molar-refractivity contribution in [3.8, 4) is 11.8 Å². The minimum Gasteiger partial charge on any atom is -0.497 e. The van der Waals surface area contributed by atoms with Gasteiger partial charge in [-0.15, -0.1) is 0 Å². The van der Waals surface area contributed by atoms with Gasteiger partial charge in [0.2, 0.25) is 0 Å². The first kappa shape index (κ1) is 14.3. The predicted molar refractivity (Wildman–Crippen MR) is 74.0 cm³/mol. The molecular formula is C14H21N3O. The molecule has 0 aliphatic heterocycles. The van der Waals surface area contributed by atoms with Crippen LogP contribution in [0.15, 0.2) is 18.2 Å². The van der Waals surface area contributed by atoms with Crippen molar-refractivity contribution in [3.63, 3.8) is 0 Å². The van der Waals surface area contributed by atoms with Crippen LogP contribution in [-0.4, -0.2) is 38.7 Å². The van der Waals surface area contributed by atoms with Gasteiger partial charge in [0, 0.05) is 12.1 Å². The molecule has 98 valence electrons. The van der Waals surface area contributed by atoms with E-state index in [1.807, 2.05) is 6.07 Å². The van der Waals surface area contributed by atoms with Crippen molar-refractivity contribution in [2.75, 3.05) is 33.1 Å². The van der Waals surface area contributed by atoms with E-state index in [0.717, 1.165) is 24.4 Å². The van der Waals surface area contributed by atoms with E-state index in [1.54, 1.807) is 19.2 Å². The van der Waals surface area contributed by atoms with Crippen LogP contribution < -0.4 is 10.1 Å². The number of nitrogens with one attached hydrogen (secondary N) is 1. The van der Waals surface area contributed by atoms with Crippen LogP contribution in [-0.2, 0) is 0 Å². The Balaban J connectivity index is 2.73. The number of anilines is 1. The summed E-state index contributed by atoms with van der Waals surface area (Å²) in [5.74, 6) is 0.760. The molecule has 0 saturated carbocycles. The highest BCUT2D eigenvalue weighted by Gasteiger charge is 2.08. The summed E-state index contributed by atoms with van der Waals surface area (Å²) >= 11 is 0. The van der Waals surface area contributed by atoms with Gasteiger partial charge < -0.3 is 15.0 Å². The van der Waals surface area contributed by atoms with Gasteiger partial charge in [-0.05, 0) is 46.1 Å². The second kappa shape index (κ2) is 6.87. The monoisotopic (exact) mass is 247 g/mol. The zero-order valence-corrected chi connectivity index (χ0v) is 11.5. The molecule has 18 heavy (non-hydrogen) atoms. The lowest BCUT2D eigenvalue weighted by molar-refractivity contribution is 0.390. The standard InChI is InChI=1S/C14H21N3O/c1-11(7-8-17(2)3)16-14-9-13(18-4)6-5-12(14)10-15/h5-6,9,11,16H,7-8H2,1-4H3. The molecule has 1 aromatic carbocycles. The number of ether oxygens (including phenoxy) is 1. The van der Waals surface area contributed by atoms with Crippen molar-refractivity contribution >= 4 is 5.69 Å². The molecule has 0 amide bonds. The number of hydrogen-bond acceptors (Lipinski definition) is 4. The van der Waals surface area contributed by atoms with E-state index < -0.39 is 0 Å². The average Bonchev–Trinajstić information content (AvgIpc) is 2.36. The van der Waals surface area contributed by atoms with Crippen molar-refractivity contribution in [2.24, 2.45) is 0 Å². The van der Waals surface area contributed by atoms with Crippen molar-refractivity contribution in [2.45, 2.75) is 19.4 Å². The third-order valence-electron chi connectivity index (χ3n) is 2.76. The molecule has 0 aliphatic rings. The maximum atomic E-state index is 9.07. The smallest absolute Gasteiger partial charge is 0.121 e. The molecule has 4 heteroatoms. The van der Waals surface area contributed by atoms with E-state index in [1.165, 1.54) is 0 Å².